The zero-order chi connectivity index (χ0) is 11.9. The zero-order valence-electron chi connectivity index (χ0n) is 9.28. The van der Waals surface area contributed by atoms with E-state index in [4.69, 9.17) is 0 Å². The number of fused-ring (bicyclic) bond motifs is 1. The number of phenols is 1. The van der Waals surface area contributed by atoms with Crippen LogP contribution in [0.1, 0.15) is 0 Å². The van der Waals surface area contributed by atoms with E-state index < -0.39 is 0 Å². The molecule has 1 N–H and O–H groups in total. The highest BCUT2D eigenvalue weighted by atomic mass is 16.3. The molecule has 0 saturated carbocycles. The predicted octanol–water partition coefficient (Wildman–Crippen LogP) is 4.11. The van der Waals surface area contributed by atoms with Crippen LogP contribution in [0.5, 0.6) is 5.75 Å². The van der Waals surface area contributed by atoms with Crippen molar-refractivity contribution in [2.45, 2.75) is 0 Å². The van der Waals surface area contributed by atoms with Crippen LogP contribution in [0, 0.1) is 0 Å². The van der Waals surface area contributed by atoms with Crippen molar-refractivity contribution in [3.63, 3.8) is 0 Å². The third kappa shape index (κ3) is 3.05. The van der Waals surface area contributed by atoms with Crippen LogP contribution in [0.2, 0.25) is 0 Å². The molecule has 0 bridgehead atoms. The Balaban J connectivity index is 0.000000153. The van der Waals surface area contributed by atoms with Gasteiger partial charge in [-0.15, -0.1) is 0 Å². The van der Waals surface area contributed by atoms with Crippen LogP contribution in [0.15, 0.2) is 77.6 Å². The predicted molar refractivity (Wildman–Crippen MR) is 68.7 cm³/mol. The van der Waals surface area contributed by atoms with Gasteiger partial charge in [0.15, 0.2) is 0 Å². The molecule has 17 heavy (non-hydrogen) atoms. The Bertz CT molecular complexity index is 544. The molecule has 0 spiro atoms. The SMILES string of the molecule is Oc1cccc2ccccc12.c1cc[o+]cc1. The van der Waals surface area contributed by atoms with E-state index in [1.807, 2.05) is 54.6 Å². The first-order chi connectivity index (χ1) is 8.38. The van der Waals surface area contributed by atoms with E-state index in [1.54, 1.807) is 18.6 Å². The standard InChI is InChI=1S/C10H8O.C5H5O/c11-10-7-3-5-8-4-1-2-6-9(8)10;1-2-4-6-5-3-1/h1-7,11H;1-5H/q;+1. The van der Waals surface area contributed by atoms with Crippen LogP contribution in [-0.4, -0.2) is 5.11 Å². The molecule has 3 aromatic rings. The summed E-state index contributed by atoms with van der Waals surface area (Å²) < 4.78 is 4.68. The van der Waals surface area contributed by atoms with Crippen LogP contribution >= 0.6 is 0 Å². The van der Waals surface area contributed by atoms with Gasteiger partial charge in [0.25, 0.3) is 0 Å². The average molecular weight is 225 g/mol. The molecule has 0 saturated heterocycles. The zero-order valence-corrected chi connectivity index (χ0v) is 9.28. The van der Waals surface area contributed by atoms with E-state index in [-0.39, 0.29) is 0 Å². The van der Waals surface area contributed by atoms with Crippen LogP contribution in [-0.2, 0) is 0 Å². The minimum Gasteiger partial charge on any atom is -0.507 e. The van der Waals surface area contributed by atoms with Gasteiger partial charge in [0, 0.05) is 17.5 Å². The highest BCUT2D eigenvalue weighted by molar-refractivity contribution is 5.87. The second-order valence-electron chi connectivity index (χ2n) is 3.48. The Kier molecular flexibility index (Phi) is 3.71. The summed E-state index contributed by atoms with van der Waals surface area (Å²) in [4.78, 5) is 0. The molecular formula is C15H13O2+. The first-order valence-corrected chi connectivity index (χ1v) is 5.35. The molecule has 84 valence electrons. The summed E-state index contributed by atoms with van der Waals surface area (Å²) in [7, 11) is 0. The second-order valence-corrected chi connectivity index (χ2v) is 3.48. The van der Waals surface area contributed by atoms with Gasteiger partial charge in [0.1, 0.15) is 5.75 Å². The van der Waals surface area contributed by atoms with Crippen molar-refractivity contribution >= 4 is 10.8 Å². The molecule has 3 rings (SSSR count). The second kappa shape index (κ2) is 5.66. The van der Waals surface area contributed by atoms with E-state index in [0.29, 0.717) is 5.75 Å². The van der Waals surface area contributed by atoms with Gasteiger partial charge in [0.05, 0.1) is 0 Å². The number of benzene rings is 2. The van der Waals surface area contributed by atoms with Gasteiger partial charge in [-0.05, 0) is 17.5 Å². The van der Waals surface area contributed by atoms with Gasteiger partial charge in [-0.2, -0.15) is 0 Å². The maximum Gasteiger partial charge on any atom is 0.317 e. The average Bonchev–Trinajstić information content (AvgIpc) is 2.42. The lowest BCUT2D eigenvalue weighted by atomic mass is 10.1. The highest BCUT2D eigenvalue weighted by Crippen LogP contribution is 2.22. The van der Waals surface area contributed by atoms with Crippen molar-refractivity contribution in [2.75, 3.05) is 0 Å². The van der Waals surface area contributed by atoms with Gasteiger partial charge in [0.2, 0.25) is 0 Å². The fraction of sp³-hybridized carbons (Fsp3) is 0. The third-order valence-electron chi connectivity index (χ3n) is 2.30. The van der Waals surface area contributed by atoms with E-state index >= 15 is 0 Å². The summed E-state index contributed by atoms with van der Waals surface area (Å²) >= 11 is 0. The molecule has 0 aliphatic heterocycles. The molecular weight excluding hydrogens is 212 g/mol. The van der Waals surface area contributed by atoms with Crippen LogP contribution in [0.3, 0.4) is 0 Å². The molecule has 2 nitrogen and oxygen atoms in total. The van der Waals surface area contributed by atoms with E-state index in [0.717, 1.165) is 10.8 Å². The lowest BCUT2D eigenvalue weighted by Gasteiger charge is -1.97. The Morgan fingerprint density at radius 1 is 0.706 bits per heavy atom. The Morgan fingerprint density at radius 3 is 2.00 bits per heavy atom. The molecule has 0 radical (unpaired) electrons. The normalized spacial score (nSPS) is 9.41. The van der Waals surface area contributed by atoms with Crippen molar-refractivity contribution in [1.29, 1.82) is 0 Å². The monoisotopic (exact) mass is 225 g/mol. The molecule has 2 aromatic carbocycles. The van der Waals surface area contributed by atoms with E-state index in [1.165, 1.54) is 0 Å². The summed E-state index contributed by atoms with van der Waals surface area (Å²) in [5.74, 6) is 0.350. The number of phenolic OH excluding ortho intramolecular Hbond substituents is 1. The molecule has 1 heterocycles. The van der Waals surface area contributed by atoms with E-state index in [9.17, 15) is 5.11 Å². The lowest BCUT2D eigenvalue weighted by molar-refractivity contribution is 0.481. The van der Waals surface area contributed by atoms with Crippen LogP contribution < -0.4 is 0 Å². The van der Waals surface area contributed by atoms with Crippen LogP contribution in [0.25, 0.3) is 10.8 Å². The number of rotatable bonds is 0. The van der Waals surface area contributed by atoms with Gasteiger partial charge in [-0.3, -0.25) is 0 Å². The van der Waals surface area contributed by atoms with Crippen molar-refractivity contribution < 1.29 is 9.52 Å². The molecule has 0 unspecified atom stereocenters. The summed E-state index contributed by atoms with van der Waals surface area (Å²) in [5.41, 5.74) is 0. The molecule has 0 amide bonds. The highest BCUT2D eigenvalue weighted by Gasteiger charge is 1.94. The van der Waals surface area contributed by atoms with Gasteiger partial charge < -0.3 is 5.11 Å². The minimum absolute atomic E-state index is 0.350. The largest absolute Gasteiger partial charge is 0.507 e. The summed E-state index contributed by atoms with van der Waals surface area (Å²) in [5, 5.41) is 11.4. The first kappa shape index (κ1) is 11.1. The Morgan fingerprint density at radius 2 is 1.41 bits per heavy atom. The molecule has 1 aromatic heterocycles. The van der Waals surface area contributed by atoms with Gasteiger partial charge in [-0.1, -0.05) is 36.4 Å². The Labute approximate surface area is 99.8 Å². The van der Waals surface area contributed by atoms with Crippen molar-refractivity contribution in [3.05, 3.63) is 73.2 Å². The fourth-order valence-corrected chi connectivity index (χ4v) is 1.50. The topological polar surface area (TPSA) is 31.5 Å². The first-order valence-electron chi connectivity index (χ1n) is 5.35. The summed E-state index contributed by atoms with van der Waals surface area (Å²) in [6.45, 7) is 0. The Hall–Kier alpha value is -2.35. The molecule has 2 heteroatoms. The molecule has 0 atom stereocenters. The molecule has 0 aliphatic rings. The number of aromatic hydroxyl groups is 1. The smallest absolute Gasteiger partial charge is 0.317 e. The fourth-order valence-electron chi connectivity index (χ4n) is 1.50. The van der Waals surface area contributed by atoms with Crippen LogP contribution in [0.4, 0.5) is 0 Å². The molecule has 0 aliphatic carbocycles. The lowest BCUT2D eigenvalue weighted by Crippen LogP contribution is -1.70. The van der Waals surface area contributed by atoms with Crippen molar-refractivity contribution in [2.24, 2.45) is 0 Å². The maximum absolute atomic E-state index is 9.37. The third-order valence-corrected chi connectivity index (χ3v) is 2.30. The van der Waals surface area contributed by atoms with E-state index in [2.05, 4.69) is 4.42 Å². The summed E-state index contributed by atoms with van der Waals surface area (Å²) in [6.07, 6.45) is 3.25. The van der Waals surface area contributed by atoms with Gasteiger partial charge in [-0.25, -0.2) is 4.42 Å². The van der Waals surface area contributed by atoms with Crippen molar-refractivity contribution in [1.82, 2.24) is 0 Å². The minimum atomic E-state index is 0.350. The summed E-state index contributed by atoms with van der Waals surface area (Å²) in [6, 6.07) is 18.9. The molecule has 0 fully saturated rings. The maximum atomic E-state index is 9.37. The van der Waals surface area contributed by atoms with Crippen molar-refractivity contribution in [3.8, 4) is 5.75 Å². The number of hydrogen-bond donors (Lipinski definition) is 1. The quantitative estimate of drug-likeness (QED) is 0.584. The number of hydrogen-bond acceptors (Lipinski definition) is 1. The van der Waals surface area contributed by atoms with Gasteiger partial charge >= 0.3 is 12.5 Å².